The van der Waals surface area contributed by atoms with Crippen molar-refractivity contribution in [1.29, 1.82) is 0 Å². The molecule has 0 aliphatic heterocycles. The van der Waals surface area contributed by atoms with Crippen molar-refractivity contribution in [3.63, 3.8) is 0 Å². The summed E-state index contributed by atoms with van der Waals surface area (Å²) in [6.07, 6.45) is 3.15. The minimum absolute atomic E-state index is 0.217. The molecule has 3 aromatic rings. The topological polar surface area (TPSA) is 46.2 Å². The van der Waals surface area contributed by atoms with Crippen LogP contribution in [0.2, 0.25) is 0 Å². The van der Waals surface area contributed by atoms with Crippen molar-refractivity contribution >= 4 is 27.8 Å². The maximum absolute atomic E-state index is 10.4. The number of nitrogen functional groups attached to an aromatic ring is 1. The molecule has 0 radical (unpaired) electrons. The van der Waals surface area contributed by atoms with E-state index >= 15 is 0 Å². The van der Waals surface area contributed by atoms with Crippen LogP contribution in [0.1, 0.15) is 36.1 Å². The number of rotatable bonds is 5. The average molecular weight is 311 g/mol. The number of nitrogens with two attached hydrogens (primary N) is 1. The molecule has 3 rings (SSSR count). The molecule has 0 aliphatic carbocycles. The van der Waals surface area contributed by atoms with E-state index < -0.39 is 0 Å². The predicted octanol–water partition coefficient (Wildman–Crippen LogP) is 5.32. The Hall–Kier alpha value is -2.00. The summed E-state index contributed by atoms with van der Waals surface area (Å²) in [7, 11) is 0. The Morgan fingerprint density at radius 3 is 2.73 bits per heavy atom. The van der Waals surface area contributed by atoms with E-state index in [2.05, 4.69) is 30.5 Å². The van der Waals surface area contributed by atoms with Crippen LogP contribution in [0.5, 0.6) is 5.75 Å². The van der Waals surface area contributed by atoms with Crippen LogP contribution < -0.4 is 5.73 Å². The Labute approximate surface area is 135 Å². The third kappa shape index (κ3) is 2.81. The first kappa shape index (κ1) is 14.9. The van der Waals surface area contributed by atoms with Crippen molar-refractivity contribution in [1.82, 2.24) is 0 Å². The van der Waals surface area contributed by atoms with Crippen molar-refractivity contribution in [3.05, 3.63) is 58.3 Å². The fraction of sp³-hybridized carbons (Fsp3) is 0.263. The summed E-state index contributed by atoms with van der Waals surface area (Å²) in [5.74, 6) is 0.683. The smallest absolute Gasteiger partial charge is 0.146 e. The average Bonchev–Trinajstić information content (AvgIpc) is 3.06. The number of phenolic OH excluding ortho intramolecular Hbond substituents is 1. The Kier molecular flexibility index (Phi) is 4.34. The third-order valence-electron chi connectivity index (χ3n) is 4.20. The molecule has 1 unspecified atom stereocenters. The zero-order valence-electron chi connectivity index (χ0n) is 12.8. The van der Waals surface area contributed by atoms with Gasteiger partial charge in [0.1, 0.15) is 5.75 Å². The molecule has 0 aliphatic rings. The fourth-order valence-electron chi connectivity index (χ4n) is 3.05. The number of aromatic hydroxyl groups is 1. The molecule has 1 aromatic heterocycles. The molecule has 0 spiro atoms. The van der Waals surface area contributed by atoms with E-state index in [1.807, 2.05) is 24.3 Å². The van der Waals surface area contributed by atoms with Gasteiger partial charge in [-0.1, -0.05) is 43.7 Å². The van der Waals surface area contributed by atoms with Gasteiger partial charge >= 0.3 is 0 Å². The SMILES string of the molecule is CCCC(Cc1cc2ccccc2c(O)c1N)c1cccs1. The van der Waals surface area contributed by atoms with Crippen LogP contribution in [0.25, 0.3) is 10.8 Å². The van der Waals surface area contributed by atoms with Crippen LogP contribution in [0.4, 0.5) is 5.69 Å². The van der Waals surface area contributed by atoms with Crippen molar-refractivity contribution in [2.75, 3.05) is 5.73 Å². The first-order valence-corrected chi connectivity index (χ1v) is 8.61. The van der Waals surface area contributed by atoms with Gasteiger partial charge in [-0.05, 0) is 47.2 Å². The Morgan fingerprint density at radius 2 is 2.00 bits per heavy atom. The van der Waals surface area contributed by atoms with Gasteiger partial charge in [0, 0.05) is 10.3 Å². The molecule has 0 amide bonds. The van der Waals surface area contributed by atoms with E-state index in [1.54, 1.807) is 11.3 Å². The normalized spacial score (nSPS) is 12.6. The summed E-state index contributed by atoms with van der Waals surface area (Å²) in [6.45, 7) is 2.21. The number of fused-ring (bicyclic) bond motifs is 1. The lowest BCUT2D eigenvalue weighted by molar-refractivity contribution is 0.483. The zero-order valence-corrected chi connectivity index (χ0v) is 13.6. The minimum atomic E-state index is 0.217. The van der Waals surface area contributed by atoms with Gasteiger partial charge in [-0.3, -0.25) is 0 Å². The van der Waals surface area contributed by atoms with Crippen LogP contribution in [-0.2, 0) is 6.42 Å². The first-order valence-electron chi connectivity index (χ1n) is 7.73. The van der Waals surface area contributed by atoms with Gasteiger partial charge in [0.2, 0.25) is 0 Å². The predicted molar refractivity (Wildman–Crippen MR) is 95.7 cm³/mol. The molecule has 0 bridgehead atoms. The number of thiophene rings is 1. The van der Waals surface area contributed by atoms with E-state index in [1.165, 1.54) is 4.88 Å². The van der Waals surface area contributed by atoms with Gasteiger partial charge in [0.25, 0.3) is 0 Å². The maximum Gasteiger partial charge on any atom is 0.146 e. The molecule has 2 nitrogen and oxygen atoms in total. The van der Waals surface area contributed by atoms with Crippen molar-refractivity contribution in [3.8, 4) is 5.75 Å². The van der Waals surface area contributed by atoms with Crippen molar-refractivity contribution < 1.29 is 5.11 Å². The Bertz CT molecular complexity index is 764. The summed E-state index contributed by atoms with van der Waals surface area (Å²) in [4.78, 5) is 1.40. The number of phenols is 1. The lowest BCUT2D eigenvalue weighted by atomic mass is 9.91. The van der Waals surface area contributed by atoms with E-state index in [-0.39, 0.29) is 5.75 Å². The van der Waals surface area contributed by atoms with E-state index in [0.29, 0.717) is 11.6 Å². The molecule has 1 heterocycles. The van der Waals surface area contributed by atoms with E-state index in [4.69, 9.17) is 5.73 Å². The molecule has 114 valence electrons. The quantitative estimate of drug-likeness (QED) is 0.495. The van der Waals surface area contributed by atoms with Gasteiger partial charge < -0.3 is 10.8 Å². The maximum atomic E-state index is 10.4. The second-order valence-electron chi connectivity index (χ2n) is 5.72. The Balaban J connectivity index is 2.00. The van der Waals surface area contributed by atoms with Crippen LogP contribution in [0.3, 0.4) is 0 Å². The standard InChI is InChI=1S/C19H21NOS/c1-2-6-14(17-9-5-10-22-17)12-15-11-13-7-3-4-8-16(13)19(21)18(15)20/h3-5,7-11,14,21H,2,6,12,20H2,1H3. The van der Waals surface area contributed by atoms with Crippen molar-refractivity contribution in [2.45, 2.75) is 32.1 Å². The highest BCUT2D eigenvalue weighted by Crippen LogP contribution is 2.37. The minimum Gasteiger partial charge on any atom is -0.505 e. The third-order valence-corrected chi connectivity index (χ3v) is 5.23. The number of hydrogen-bond acceptors (Lipinski definition) is 3. The highest BCUT2D eigenvalue weighted by Gasteiger charge is 2.17. The summed E-state index contributed by atoms with van der Waals surface area (Å²) in [5.41, 5.74) is 7.77. The van der Waals surface area contributed by atoms with E-state index in [9.17, 15) is 5.11 Å². The molecular weight excluding hydrogens is 290 g/mol. The van der Waals surface area contributed by atoms with Crippen LogP contribution >= 0.6 is 11.3 Å². The summed E-state index contributed by atoms with van der Waals surface area (Å²) >= 11 is 1.80. The molecular formula is C19H21NOS. The molecule has 0 saturated heterocycles. The van der Waals surface area contributed by atoms with E-state index in [0.717, 1.165) is 35.6 Å². The number of benzene rings is 2. The van der Waals surface area contributed by atoms with Crippen LogP contribution in [0.15, 0.2) is 47.8 Å². The van der Waals surface area contributed by atoms with Crippen molar-refractivity contribution in [2.24, 2.45) is 0 Å². The highest BCUT2D eigenvalue weighted by atomic mass is 32.1. The van der Waals surface area contributed by atoms with Crippen LogP contribution in [-0.4, -0.2) is 5.11 Å². The van der Waals surface area contributed by atoms with Crippen LogP contribution in [0, 0.1) is 0 Å². The second kappa shape index (κ2) is 6.41. The molecule has 0 fully saturated rings. The lowest BCUT2D eigenvalue weighted by Gasteiger charge is -2.17. The number of hydrogen-bond donors (Lipinski definition) is 2. The molecule has 22 heavy (non-hydrogen) atoms. The van der Waals surface area contributed by atoms with Gasteiger partial charge in [0.05, 0.1) is 5.69 Å². The van der Waals surface area contributed by atoms with Gasteiger partial charge in [0.15, 0.2) is 0 Å². The molecule has 1 atom stereocenters. The number of anilines is 1. The molecule has 2 aromatic carbocycles. The molecule has 3 heteroatoms. The monoisotopic (exact) mass is 311 g/mol. The van der Waals surface area contributed by atoms with Gasteiger partial charge in [-0.2, -0.15) is 0 Å². The Morgan fingerprint density at radius 1 is 1.18 bits per heavy atom. The first-order chi connectivity index (χ1) is 10.7. The summed E-state index contributed by atoms with van der Waals surface area (Å²) in [5, 5.41) is 14.4. The summed E-state index contributed by atoms with van der Waals surface area (Å²) < 4.78 is 0. The molecule has 0 saturated carbocycles. The fourth-order valence-corrected chi connectivity index (χ4v) is 3.92. The van der Waals surface area contributed by atoms with Gasteiger partial charge in [-0.25, -0.2) is 0 Å². The lowest BCUT2D eigenvalue weighted by Crippen LogP contribution is -2.04. The molecule has 3 N–H and O–H groups in total. The van der Waals surface area contributed by atoms with Gasteiger partial charge in [-0.15, -0.1) is 11.3 Å². The highest BCUT2D eigenvalue weighted by molar-refractivity contribution is 7.10. The second-order valence-corrected chi connectivity index (χ2v) is 6.70. The zero-order chi connectivity index (χ0) is 15.5. The summed E-state index contributed by atoms with van der Waals surface area (Å²) in [6, 6.07) is 14.3. The largest absolute Gasteiger partial charge is 0.505 e.